The monoisotopic (exact) mass is 439 g/mol. The van der Waals surface area contributed by atoms with Gasteiger partial charge in [-0.05, 0) is 49.2 Å². The van der Waals surface area contributed by atoms with Crippen LogP contribution < -0.4 is 14.8 Å². The van der Waals surface area contributed by atoms with Gasteiger partial charge in [0.1, 0.15) is 18.1 Å². The summed E-state index contributed by atoms with van der Waals surface area (Å²) in [6.07, 6.45) is 2.10. The molecule has 0 spiro atoms. The number of carbonyl (C=O) groups excluding carboxylic acids is 1. The summed E-state index contributed by atoms with van der Waals surface area (Å²) in [6.45, 7) is 1.20. The van der Waals surface area contributed by atoms with Crippen LogP contribution in [0, 0.1) is 0 Å². The molecular formula is C19H19BrClNO4. The van der Waals surface area contributed by atoms with Crippen LogP contribution in [0.4, 0.5) is 5.69 Å². The van der Waals surface area contributed by atoms with Crippen LogP contribution in [0.2, 0.25) is 5.02 Å². The first kappa shape index (κ1) is 19.0. The number of benzene rings is 2. The Balaban J connectivity index is 1.78. The molecule has 1 aliphatic rings. The Labute approximate surface area is 165 Å². The van der Waals surface area contributed by atoms with Crippen LogP contribution in [-0.4, -0.2) is 32.3 Å². The molecule has 0 saturated carbocycles. The highest BCUT2D eigenvalue weighted by molar-refractivity contribution is 9.10. The van der Waals surface area contributed by atoms with Gasteiger partial charge in [-0.25, -0.2) is 0 Å². The van der Waals surface area contributed by atoms with Gasteiger partial charge in [-0.2, -0.15) is 0 Å². The minimum absolute atomic E-state index is 0.0828. The van der Waals surface area contributed by atoms with E-state index >= 15 is 0 Å². The van der Waals surface area contributed by atoms with Crippen LogP contribution in [0.25, 0.3) is 0 Å². The Bertz CT molecular complexity index is 793. The third-order valence-corrected chi connectivity index (χ3v) is 4.77. The van der Waals surface area contributed by atoms with Crippen molar-refractivity contribution in [2.45, 2.75) is 18.9 Å². The second kappa shape index (κ2) is 8.75. The predicted octanol–water partition coefficient (Wildman–Crippen LogP) is 4.92. The number of halogens is 2. The number of hydrogen-bond donors (Lipinski definition) is 1. The van der Waals surface area contributed by atoms with Gasteiger partial charge < -0.3 is 19.5 Å². The smallest absolute Gasteiger partial charge is 0.259 e. The van der Waals surface area contributed by atoms with Gasteiger partial charge in [0.25, 0.3) is 5.91 Å². The van der Waals surface area contributed by atoms with Gasteiger partial charge in [0.15, 0.2) is 0 Å². The topological polar surface area (TPSA) is 56.8 Å². The molecule has 1 heterocycles. The largest absolute Gasteiger partial charge is 0.496 e. The predicted molar refractivity (Wildman–Crippen MR) is 105 cm³/mol. The van der Waals surface area contributed by atoms with Crippen LogP contribution >= 0.6 is 27.5 Å². The average molecular weight is 441 g/mol. The number of nitrogens with one attached hydrogen (secondary N) is 1. The maximum absolute atomic E-state index is 12.7. The number of anilines is 1. The summed E-state index contributed by atoms with van der Waals surface area (Å²) in [7, 11) is 1.52. The molecule has 1 saturated heterocycles. The molecule has 2 aromatic carbocycles. The molecule has 1 fully saturated rings. The number of ether oxygens (including phenoxy) is 3. The van der Waals surface area contributed by atoms with E-state index < -0.39 is 0 Å². The van der Waals surface area contributed by atoms with Crippen LogP contribution in [0.5, 0.6) is 11.5 Å². The van der Waals surface area contributed by atoms with E-state index in [4.69, 9.17) is 25.8 Å². The van der Waals surface area contributed by atoms with Crippen molar-refractivity contribution in [3.8, 4) is 11.5 Å². The molecule has 1 atom stereocenters. The fourth-order valence-corrected chi connectivity index (χ4v) is 3.26. The molecule has 26 heavy (non-hydrogen) atoms. The number of amides is 1. The Kier molecular flexibility index (Phi) is 6.40. The average Bonchev–Trinajstić information content (AvgIpc) is 3.14. The molecule has 5 nitrogen and oxygen atoms in total. The highest BCUT2D eigenvalue weighted by Crippen LogP contribution is 2.31. The van der Waals surface area contributed by atoms with E-state index in [-0.39, 0.29) is 12.0 Å². The van der Waals surface area contributed by atoms with E-state index in [2.05, 4.69) is 21.2 Å². The minimum atomic E-state index is -0.313. The van der Waals surface area contributed by atoms with Crippen LogP contribution in [0.3, 0.4) is 0 Å². The van der Waals surface area contributed by atoms with E-state index in [1.165, 1.54) is 7.11 Å². The molecule has 0 bridgehead atoms. The zero-order valence-corrected chi connectivity index (χ0v) is 16.6. The second-order valence-electron chi connectivity index (χ2n) is 5.89. The maximum Gasteiger partial charge on any atom is 0.259 e. The molecule has 1 aliphatic heterocycles. The number of rotatable bonds is 6. The lowest BCUT2D eigenvalue weighted by Gasteiger charge is -2.16. The molecular weight excluding hydrogens is 422 g/mol. The van der Waals surface area contributed by atoms with Crippen molar-refractivity contribution in [3.63, 3.8) is 0 Å². The SMILES string of the molecule is COc1ccc(Br)cc1C(=O)Nc1cc(Cl)ccc1OCC1CCCO1. The number of hydrogen-bond acceptors (Lipinski definition) is 4. The Morgan fingerprint density at radius 1 is 1.31 bits per heavy atom. The van der Waals surface area contributed by atoms with Crippen molar-refractivity contribution in [3.05, 3.63) is 51.5 Å². The van der Waals surface area contributed by atoms with Crippen molar-refractivity contribution < 1.29 is 19.0 Å². The van der Waals surface area contributed by atoms with E-state index in [0.29, 0.717) is 34.4 Å². The number of carbonyl (C=O) groups is 1. The molecule has 0 aromatic heterocycles. The van der Waals surface area contributed by atoms with E-state index in [1.54, 1.807) is 30.3 Å². The molecule has 7 heteroatoms. The fourth-order valence-electron chi connectivity index (χ4n) is 2.73. The second-order valence-corrected chi connectivity index (χ2v) is 7.24. The summed E-state index contributed by atoms with van der Waals surface area (Å²) in [4.78, 5) is 12.7. The van der Waals surface area contributed by atoms with Crippen molar-refractivity contribution in [1.29, 1.82) is 0 Å². The van der Waals surface area contributed by atoms with Gasteiger partial charge in [0.2, 0.25) is 0 Å². The third kappa shape index (κ3) is 4.69. The first-order valence-corrected chi connectivity index (χ1v) is 9.43. The molecule has 1 N–H and O–H groups in total. The number of methoxy groups -OCH3 is 1. The molecule has 2 aromatic rings. The maximum atomic E-state index is 12.7. The first-order chi connectivity index (χ1) is 12.6. The summed E-state index contributed by atoms with van der Waals surface area (Å²) in [5.74, 6) is 0.717. The highest BCUT2D eigenvalue weighted by Gasteiger charge is 2.19. The van der Waals surface area contributed by atoms with Crippen molar-refractivity contribution in [2.24, 2.45) is 0 Å². The molecule has 1 amide bonds. The van der Waals surface area contributed by atoms with E-state index in [9.17, 15) is 4.79 Å². The normalized spacial score (nSPS) is 16.3. The van der Waals surface area contributed by atoms with Gasteiger partial charge in [-0.3, -0.25) is 4.79 Å². The first-order valence-electron chi connectivity index (χ1n) is 8.25. The van der Waals surface area contributed by atoms with Crippen molar-refractivity contribution >= 4 is 39.1 Å². The quantitative estimate of drug-likeness (QED) is 0.692. The Morgan fingerprint density at radius 2 is 2.12 bits per heavy atom. The van der Waals surface area contributed by atoms with Gasteiger partial charge in [0, 0.05) is 16.1 Å². The van der Waals surface area contributed by atoms with Gasteiger partial charge in [-0.15, -0.1) is 0 Å². The summed E-state index contributed by atoms with van der Waals surface area (Å²) >= 11 is 9.47. The summed E-state index contributed by atoms with van der Waals surface area (Å²) in [6, 6.07) is 10.4. The lowest BCUT2D eigenvalue weighted by molar-refractivity contribution is 0.0682. The van der Waals surface area contributed by atoms with E-state index in [0.717, 1.165) is 23.9 Å². The molecule has 138 valence electrons. The minimum Gasteiger partial charge on any atom is -0.496 e. The van der Waals surface area contributed by atoms with Crippen molar-refractivity contribution in [2.75, 3.05) is 25.6 Å². The molecule has 0 radical (unpaired) electrons. The van der Waals surface area contributed by atoms with Crippen LogP contribution in [0.15, 0.2) is 40.9 Å². The van der Waals surface area contributed by atoms with Crippen LogP contribution in [0.1, 0.15) is 23.2 Å². The van der Waals surface area contributed by atoms with Gasteiger partial charge in [-0.1, -0.05) is 27.5 Å². The van der Waals surface area contributed by atoms with Crippen molar-refractivity contribution in [1.82, 2.24) is 0 Å². The summed E-state index contributed by atoms with van der Waals surface area (Å²) < 4.78 is 17.5. The molecule has 3 rings (SSSR count). The molecule has 1 unspecified atom stereocenters. The lowest BCUT2D eigenvalue weighted by Crippen LogP contribution is -2.18. The zero-order valence-electron chi connectivity index (χ0n) is 14.3. The lowest BCUT2D eigenvalue weighted by atomic mass is 10.1. The fraction of sp³-hybridized carbons (Fsp3) is 0.316. The molecule has 0 aliphatic carbocycles. The zero-order chi connectivity index (χ0) is 18.5. The van der Waals surface area contributed by atoms with Crippen LogP contribution in [-0.2, 0) is 4.74 Å². The van der Waals surface area contributed by atoms with E-state index in [1.807, 2.05) is 6.07 Å². The summed E-state index contributed by atoms with van der Waals surface area (Å²) in [5, 5.41) is 3.36. The third-order valence-electron chi connectivity index (χ3n) is 4.04. The van der Waals surface area contributed by atoms with Gasteiger partial charge >= 0.3 is 0 Å². The Morgan fingerprint density at radius 3 is 2.85 bits per heavy atom. The standard InChI is InChI=1S/C19H19BrClNO4/c1-24-17-6-4-12(20)9-15(17)19(23)22-16-10-13(21)5-7-18(16)26-11-14-3-2-8-25-14/h4-7,9-10,14H,2-3,8,11H2,1H3,(H,22,23). The highest BCUT2D eigenvalue weighted by atomic mass is 79.9. The van der Waals surface area contributed by atoms with Gasteiger partial charge in [0.05, 0.1) is 24.5 Å². The Hall–Kier alpha value is -1.76. The summed E-state index contributed by atoms with van der Waals surface area (Å²) in [5.41, 5.74) is 0.912.